The van der Waals surface area contributed by atoms with E-state index in [9.17, 15) is 4.79 Å². The third kappa shape index (κ3) is 7.67. The minimum Gasteiger partial charge on any atom is -0.300 e. The zero-order chi connectivity index (χ0) is 7.82. The minimum absolute atomic E-state index is 0.205. The van der Waals surface area contributed by atoms with E-state index in [-0.39, 0.29) is 5.78 Å². The van der Waals surface area contributed by atoms with Crippen LogP contribution in [0.4, 0.5) is 0 Å². The van der Waals surface area contributed by atoms with Crippen LogP contribution in [0.15, 0.2) is 0 Å². The normalized spacial score (nSPS) is 9.80. The average Bonchev–Trinajstić information content (AvgIpc) is 1.87. The van der Waals surface area contributed by atoms with E-state index >= 15 is 0 Å². The standard InChI is InChI=1S/C9H17O/c1-3-4-5-6-7-8-9(2)10/h8H,3-7H2,1-2H3. The van der Waals surface area contributed by atoms with Gasteiger partial charge in [0.15, 0.2) is 0 Å². The van der Waals surface area contributed by atoms with Crippen molar-refractivity contribution < 1.29 is 4.79 Å². The maximum Gasteiger partial charge on any atom is 0.133 e. The van der Waals surface area contributed by atoms with Crippen LogP contribution in [0.1, 0.15) is 46.0 Å². The number of hydrogen-bond donors (Lipinski definition) is 0. The minimum atomic E-state index is 0.205. The third-order valence-electron chi connectivity index (χ3n) is 1.49. The van der Waals surface area contributed by atoms with Gasteiger partial charge in [-0.2, -0.15) is 0 Å². The van der Waals surface area contributed by atoms with Crippen LogP contribution in [-0.2, 0) is 4.79 Å². The molecule has 0 aromatic carbocycles. The summed E-state index contributed by atoms with van der Waals surface area (Å²) in [5.74, 6) is 0.205. The summed E-state index contributed by atoms with van der Waals surface area (Å²) in [5.41, 5.74) is 0. The van der Waals surface area contributed by atoms with Gasteiger partial charge in [-0.25, -0.2) is 0 Å². The van der Waals surface area contributed by atoms with Gasteiger partial charge in [0.2, 0.25) is 0 Å². The Hall–Kier alpha value is -0.330. The van der Waals surface area contributed by atoms with Gasteiger partial charge >= 0.3 is 0 Å². The second kappa shape index (κ2) is 6.79. The summed E-state index contributed by atoms with van der Waals surface area (Å²) < 4.78 is 0. The number of Topliss-reactive ketones (excluding diaryl/α,β-unsaturated/α-hetero) is 1. The lowest BCUT2D eigenvalue weighted by molar-refractivity contribution is -0.114. The summed E-state index contributed by atoms with van der Waals surface area (Å²) in [7, 11) is 0. The summed E-state index contributed by atoms with van der Waals surface area (Å²) >= 11 is 0. The highest BCUT2D eigenvalue weighted by Crippen LogP contribution is 2.03. The number of unbranched alkanes of at least 4 members (excludes halogenated alkanes) is 4. The molecule has 0 amide bonds. The van der Waals surface area contributed by atoms with Gasteiger partial charge in [0.1, 0.15) is 5.78 Å². The van der Waals surface area contributed by atoms with E-state index in [0.29, 0.717) is 0 Å². The number of carbonyl (C=O) groups excluding carboxylic acids is 1. The van der Waals surface area contributed by atoms with E-state index in [2.05, 4.69) is 6.92 Å². The van der Waals surface area contributed by atoms with E-state index in [1.165, 1.54) is 25.7 Å². The monoisotopic (exact) mass is 141 g/mol. The SMILES string of the molecule is CCCCCC[CH]C(C)=O. The Morgan fingerprint density at radius 2 is 2.00 bits per heavy atom. The smallest absolute Gasteiger partial charge is 0.133 e. The molecule has 0 bridgehead atoms. The van der Waals surface area contributed by atoms with Gasteiger partial charge in [-0.1, -0.05) is 32.6 Å². The first-order valence-electron chi connectivity index (χ1n) is 4.11. The Labute approximate surface area is 63.8 Å². The number of hydrogen-bond acceptors (Lipinski definition) is 1. The van der Waals surface area contributed by atoms with E-state index in [0.717, 1.165) is 6.42 Å². The van der Waals surface area contributed by atoms with Gasteiger partial charge in [0.05, 0.1) is 0 Å². The molecule has 0 rings (SSSR count). The van der Waals surface area contributed by atoms with Crippen LogP contribution in [0.3, 0.4) is 0 Å². The molecule has 1 heteroatoms. The molecular formula is C9H17O. The van der Waals surface area contributed by atoms with Crippen LogP contribution < -0.4 is 0 Å². The number of rotatable bonds is 6. The van der Waals surface area contributed by atoms with Gasteiger partial charge in [0, 0.05) is 6.42 Å². The summed E-state index contributed by atoms with van der Waals surface area (Å²) in [6.07, 6.45) is 7.74. The lowest BCUT2D eigenvalue weighted by atomic mass is 10.1. The van der Waals surface area contributed by atoms with E-state index < -0.39 is 0 Å². The van der Waals surface area contributed by atoms with Gasteiger partial charge in [0.25, 0.3) is 0 Å². The highest BCUT2D eigenvalue weighted by molar-refractivity contribution is 5.84. The molecule has 0 aliphatic heterocycles. The molecule has 0 N–H and O–H groups in total. The summed E-state index contributed by atoms with van der Waals surface area (Å²) in [6, 6.07) is 0. The molecule has 0 unspecified atom stereocenters. The third-order valence-corrected chi connectivity index (χ3v) is 1.49. The first-order valence-corrected chi connectivity index (χ1v) is 4.11. The molecule has 59 valence electrons. The second-order valence-corrected chi connectivity index (χ2v) is 2.66. The fourth-order valence-corrected chi connectivity index (χ4v) is 0.876. The Balaban J connectivity index is 2.84. The lowest BCUT2D eigenvalue weighted by Crippen LogP contribution is -1.90. The molecule has 0 spiro atoms. The second-order valence-electron chi connectivity index (χ2n) is 2.66. The van der Waals surface area contributed by atoms with Crippen LogP contribution >= 0.6 is 0 Å². The maximum atomic E-state index is 10.4. The van der Waals surface area contributed by atoms with Crippen molar-refractivity contribution in [1.29, 1.82) is 0 Å². The first-order chi connectivity index (χ1) is 4.77. The molecule has 0 aliphatic carbocycles. The fourth-order valence-electron chi connectivity index (χ4n) is 0.876. The highest BCUT2D eigenvalue weighted by atomic mass is 16.1. The molecular weight excluding hydrogens is 124 g/mol. The van der Waals surface area contributed by atoms with Gasteiger partial charge < -0.3 is 0 Å². The van der Waals surface area contributed by atoms with Crippen LogP contribution in [0.2, 0.25) is 0 Å². The average molecular weight is 141 g/mol. The van der Waals surface area contributed by atoms with Crippen molar-refractivity contribution in [2.24, 2.45) is 0 Å². The van der Waals surface area contributed by atoms with E-state index in [1.807, 2.05) is 0 Å². The van der Waals surface area contributed by atoms with Crippen molar-refractivity contribution in [3.05, 3.63) is 6.42 Å². The predicted octanol–water partition coefficient (Wildman–Crippen LogP) is 2.75. The van der Waals surface area contributed by atoms with Crippen molar-refractivity contribution in [3.8, 4) is 0 Å². The Kier molecular flexibility index (Phi) is 6.56. The zero-order valence-electron chi connectivity index (χ0n) is 7.02. The molecule has 1 radical (unpaired) electrons. The zero-order valence-corrected chi connectivity index (χ0v) is 7.02. The Morgan fingerprint density at radius 1 is 1.30 bits per heavy atom. The number of carbonyl (C=O) groups is 1. The first kappa shape index (κ1) is 9.67. The molecule has 0 aliphatic rings. The molecule has 0 atom stereocenters. The molecule has 1 nitrogen and oxygen atoms in total. The van der Waals surface area contributed by atoms with Crippen LogP contribution in [-0.4, -0.2) is 5.78 Å². The Bertz CT molecular complexity index is 86.7. The topological polar surface area (TPSA) is 17.1 Å². The van der Waals surface area contributed by atoms with E-state index in [1.54, 1.807) is 13.3 Å². The molecule has 0 aromatic heterocycles. The Morgan fingerprint density at radius 3 is 2.50 bits per heavy atom. The van der Waals surface area contributed by atoms with Crippen LogP contribution in [0, 0.1) is 6.42 Å². The molecule has 0 saturated heterocycles. The molecule has 10 heavy (non-hydrogen) atoms. The predicted molar refractivity (Wildman–Crippen MR) is 43.7 cm³/mol. The van der Waals surface area contributed by atoms with Crippen molar-refractivity contribution in [3.63, 3.8) is 0 Å². The molecule has 0 heterocycles. The van der Waals surface area contributed by atoms with Crippen molar-refractivity contribution >= 4 is 5.78 Å². The maximum absolute atomic E-state index is 10.4. The summed E-state index contributed by atoms with van der Waals surface area (Å²) in [6.45, 7) is 3.80. The molecule has 0 aromatic rings. The summed E-state index contributed by atoms with van der Waals surface area (Å²) in [4.78, 5) is 10.4. The van der Waals surface area contributed by atoms with Crippen LogP contribution in [0.25, 0.3) is 0 Å². The quantitative estimate of drug-likeness (QED) is 0.520. The largest absolute Gasteiger partial charge is 0.300 e. The number of ketones is 1. The van der Waals surface area contributed by atoms with Gasteiger partial charge in [-0.15, -0.1) is 0 Å². The van der Waals surface area contributed by atoms with Crippen LogP contribution in [0.5, 0.6) is 0 Å². The van der Waals surface area contributed by atoms with Crippen molar-refractivity contribution in [2.45, 2.75) is 46.0 Å². The summed E-state index contributed by atoms with van der Waals surface area (Å²) in [5, 5.41) is 0. The highest BCUT2D eigenvalue weighted by Gasteiger charge is 1.92. The van der Waals surface area contributed by atoms with E-state index in [4.69, 9.17) is 0 Å². The van der Waals surface area contributed by atoms with Crippen molar-refractivity contribution in [2.75, 3.05) is 0 Å². The van der Waals surface area contributed by atoms with Gasteiger partial charge in [-0.05, 0) is 13.3 Å². The van der Waals surface area contributed by atoms with Gasteiger partial charge in [-0.3, -0.25) is 4.79 Å². The molecule has 0 fully saturated rings. The molecule has 0 saturated carbocycles. The van der Waals surface area contributed by atoms with Crippen molar-refractivity contribution in [1.82, 2.24) is 0 Å². The lowest BCUT2D eigenvalue weighted by Gasteiger charge is -1.95. The fraction of sp³-hybridized carbons (Fsp3) is 0.778.